The van der Waals surface area contributed by atoms with Crippen LogP contribution in [0.5, 0.6) is 17.6 Å². The van der Waals surface area contributed by atoms with Gasteiger partial charge in [0.15, 0.2) is 5.82 Å². The molecule has 8 rings (SSSR count). The number of aliphatic hydroxyl groups is 1. The molecule has 10 nitrogen and oxygen atoms in total. The number of nitrogens with zero attached hydrogens (tertiary/aromatic N) is 5. The van der Waals surface area contributed by atoms with E-state index in [9.17, 15) is 10.2 Å². The molecule has 12 heteroatoms. The summed E-state index contributed by atoms with van der Waals surface area (Å²) >= 11 is 0. The topological polar surface area (TPSA) is 113 Å². The molecule has 2 saturated carbocycles. The minimum absolute atomic E-state index is 0.0159. The third-order valence-corrected chi connectivity index (χ3v) is 12.0. The number of aromatic nitrogens is 3. The minimum atomic E-state index is -1.00. The van der Waals surface area contributed by atoms with E-state index in [1.165, 1.54) is 31.4 Å². The number of benzene rings is 2. The number of ether oxygens (including phenoxy) is 3. The summed E-state index contributed by atoms with van der Waals surface area (Å²) in [7, 11) is 3.20. The zero-order valence-electron chi connectivity index (χ0n) is 29.9. The highest BCUT2D eigenvalue weighted by molar-refractivity contribution is 6.04. The Hall–Kier alpha value is -4.31. The Bertz CT molecular complexity index is 2080. The number of hydrogen-bond acceptors (Lipinski definition) is 10. The predicted molar refractivity (Wildman–Crippen MR) is 194 cm³/mol. The number of phenolic OH excluding ortho intramolecular Hbond substituents is 1. The second-order valence-electron chi connectivity index (χ2n) is 15.4. The van der Waals surface area contributed by atoms with Gasteiger partial charge in [-0.1, -0.05) is 18.4 Å². The van der Waals surface area contributed by atoms with Gasteiger partial charge < -0.3 is 29.3 Å². The highest BCUT2D eigenvalue weighted by atomic mass is 19.1. The first kappa shape index (κ1) is 34.8. The zero-order valence-corrected chi connectivity index (χ0v) is 29.9. The number of β-amino-alcohol motifs (C(OH)–C–C–N with tert-alkyl or cyclic N) is 1. The van der Waals surface area contributed by atoms with Crippen molar-refractivity contribution in [3.05, 3.63) is 41.5 Å². The summed E-state index contributed by atoms with van der Waals surface area (Å²) in [5.74, 6) is 1.10. The van der Waals surface area contributed by atoms with E-state index in [1.54, 1.807) is 14.0 Å². The molecule has 52 heavy (non-hydrogen) atoms. The average Bonchev–Trinajstić information content (AvgIpc) is 3.55. The number of halogens is 2. The van der Waals surface area contributed by atoms with E-state index in [4.69, 9.17) is 30.6 Å². The van der Waals surface area contributed by atoms with E-state index >= 15 is 8.78 Å². The van der Waals surface area contributed by atoms with Crippen LogP contribution in [-0.2, 0) is 4.74 Å². The van der Waals surface area contributed by atoms with Gasteiger partial charge in [0.1, 0.15) is 34.0 Å². The Morgan fingerprint density at radius 3 is 2.56 bits per heavy atom. The third-order valence-electron chi connectivity index (χ3n) is 12.0. The highest BCUT2D eigenvalue weighted by Gasteiger charge is 2.52. The lowest BCUT2D eigenvalue weighted by atomic mass is 9.73. The fraction of sp³-hybridized carbons (Fsp3) is 0.525. The summed E-state index contributed by atoms with van der Waals surface area (Å²) in [4.78, 5) is 18.8. The predicted octanol–water partition coefficient (Wildman–Crippen LogP) is 6.36. The lowest BCUT2D eigenvalue weighted by Gasteiger charge is -2.53. The molecule has 0 spiro atoms. The maximum Gasteiger partial charge on any atom is 0.319 e. The van der Waals surface area contributed by atoms with Crippen LogP contribution in [0.3, 0.4) is 0 Å². The lowest BCUT2D eigenvalue weighted by Crippen LogP contribution is -2.59. The first-order chi connectivity index (χ1) is 25.0. The van der Waals surface area contributed by atoms with E-state index in [-0.39, 0.29) is 62.7 Å². The number of phenols is 1. The monoisotopic (exact) mass is 713 g/mol. The molecule has 0 bridgehead atoms. The van der Waals surface area contributed by atoms with E-state index in [0.717, 1.165) is 51.5 Å². The van der Waals surface area contributed by atoms with Gasteiger partial charge in [-0.05, 0) is 88.4 Å². The number of rotatable bonds is 8. The molecular weight excluding hydrogens is 668 g/mol. The maximum atomic E-state index is 17.2. The van der Waals surface area contributed by atoms with Crippen molar-refractivity contribution < 1.29 is 33.2 Å². The van der Waals surface area contributed by atoms with E-state index in [2.05, 4.69) is 15.8 Å². The van der Waals surface area contributed by atoms with Crippen molar-refractivity contribution in [2.45, 2.75) is 88.5 Å². The van der Waals surface area contributed by atoms with Crippen LogP contribution in [0, 0.1) is 29.4 Å². The highest BCUT2D eigenvalue weighted by Crippen LogP contribution is 2.51. The third kappa shape index (κ3) is 5.87. The van der Waals surface area contributed by atoms with Gasteiger partial charge >= 0.3 is 6.01 Å². The van der Waals surface area contributed by atoms with Crippen LogP contribution in [-0.4, -0.2) is 94.3 Å². The molecule has 2 N–H and O–H groups in total. The summed E-state index contributed by atoms with van der Waals surface area (Å²) in [6, 6.07) is 6.33. The lowest BCUT2D eigenvalue weighted by molar-refractivity contribution is -0.0845. The number of methoxy groups -OCH3 is 2. The molecule has 274 valence electrons. The number of pyridine rings is 1. The molecule has 2 aromatic carbocycles. The molecule has 4 aliphatic rings. The van der Waals surface area contributed by atoms with Gasteiger partial charge in [-0.25, -0.2) is 13.8 Å². The number of terminal acetylenes is 1. The standard InChI is InChI=1S/C40H45F2N5O5/c1-5-27-29(41)11-10-23-17-25(48)20-28(31(23)27)34-33(42)35-32(37(43-34)51-4)36(46-15-7-12-39(2,49)21-46)45-38(44-35)52-22-40-13-6-9-30(40)47(16-8-14-40)24-18-26(19-24)50-3/h1,10-11,17,20,24,26,30,48-49H,6-9,12-16,18-19,21-22H2,2-4H3/t24?,26?,30-,39-,40-/m1/s1. The second kappa shape index (κ2) is 13.3. The second-order valence-corrected chi connectivity index (χ2v) is 15.4. The summed E-state index contributed by atoms with van der Waals surface area (Å²) < 4.78 is 50.2. The van der Waals surface area contributed by atoms with Crippen LogP contribution in [0.2, 0.25) is 0 Å². The van der Waals surface area contributed by atoms with Gasteiger partial charge in [0, 0.05) is 48.6 Å². The summed E-state index contributed by atoms with van der Waals surface area (Å²) in [6.45, 7) is 4.03. The Kier molecular flexibility index (Phi) is 8.87. The molecule has 4 aromatic rings. The average molecular weight is 714 g/mol. The molecule has 2 saturated heterocycles. The molecule has 2 aromatic heterocycles. The fourth-order valence-corrected chi connectivity index (χ4v) is 9.46. The number of anilines is 1. The van der Waals surface area contributed by atoms with E-state index in [1.807, 2.05) is 4.90 Å². The molecule has 4 heterocycles. The van der Waals surface area contributed by atoms with Gasteiger partial charge in [0.05, 0.1) is 31.0 Å². The molecule has 3 atom stereocenters. The quantitative estimate of drug-likeness (QED) is 0.200. The van der Waals surface area contributed by atoms with Gasteiger partial charge in [0.2, 0.25) is 5.88 Å². The van der Waals surface area contributed by atoms with Crippen molar-refractivity contribution in [2.75, 3.05) is 45.4 Å². The number of piperidine rings is 2. The van der Waals surface area contributed by atoms with E-state index < -0.39 is 17.2 Å². The smallest absolute Gasteiger partial charge is 0.319 e. The maximum absolute atomic E-state index is 17.2. The van der Waals surface area contributed by atoms with Crippen LogP contribution in [0.15, 0.2) is 24.3 Å². The molecule has 0 unspecified atom stereocenters. The molecular formula is C40H45F2N5O5. The van der Waals surface area contributed by atoms with Crippen molar-refractivity contribution in [3.8, 4) is 41.2 Å². The van der Waals surface area contributed by atoms with Gasteiger partial charge in [0.25, 0.3) is 0 Å². The van der Waals surface area contributed by atoms with Gasteiger partial charge in [-0.3, -0.25) is 4.90 Å². The van der Waals surface area contributed by atoms with Crippen LogP contribution in [0.25, 0.3) is 32.9 Å². The van der Waals surface area contributed by atoms with Crippen LogP contribution >= 0.6 is 0 Å². The Labute approximate surface area is 302 Å². The van der Waals surface area contributed by atoms with Crippen LogP contribution in [0.4, 0.5) is 14.6 Å². The molecule has 0 radical (unpaired) electrons. The molecule has 4 fully saturated rings. The normalized spacial score (nSPS) is 27.7. The van der Waals surface area contributed by atoms with Crippen molar-refractivity contribution >= 4 is 27.5 Å². The number of likely N-dealkylation sites (tertiary alicyclic amines) is 1. The number of hydrogen-bond donors (Lipinski definition) is 2. The Balaban J connectivity index is 1.25. The Morgan fingerprint density at radius 1 is 1.02 bits per heavy atom. The number of aromatic hydroxyl groups is 1. The van der Waals surface area contributed by atoms with Crippen molar-refractivity contribution in [3.63, 3.8) is 0 Å². The SMILES string of the molecule is C#Cc1c(F)ccc2cc(O)cc(-c3nc(OC)c4c(N5CCC[C@@](C)(O)C5)nc(OC[C@]56CCC[C@H]5N(C5CC(OC)C5)CCC6)nc4c3F)c12. The summed E-state index contributed by atoms with van der Waals surface area (Å²) in [6.07, 6.45) is 14.8. The van der Waals surface area contributed by atoms with Crippen LogP contribution in [0.1, 0.15) is 70.3 Å². The minimum Gasteiger partial charge on any atom is -0.508 e. The first-order valence-corrected chi connectivity index (χ1v) is 18.3. The summed E-state index contributed by atoms with van der Waals surface area (Å²) in [5, 5.41) is 22.7. The molecule has 2 aliphatic heterocycles. The first-order valence-electron chi connectivity index (χ1n) is 18.3. The fourth-order valence-electron chi connectivity index (χ4n) is 9.46. The molecule has 0 amide bonds. The Morgan fingerprint density at radius 2 is 1.81 bits per heavy atom. The zero-order chi connectivity index (χ0) is 36.4. The number of fused-ring (bicyclic) bond motifs is 3. The van der Waals surface area contributed by atoms with Crippen LogP contribution < -0.4 is 14.4 Å². The summed E-state index contributed by atoms with van der Waals surface area (Å²) in [5.41, 5.74) is -1.41. The van der Waals surface area contributed by atoms with Gasteiger partial charge in [-0.2, -0.15) is 9.97 Å². The van der Waals surface area contributed by atoms with Crippen molar-refractivity contribution in [1.29, 1.82) is 0 Å². The van der Waals surface area contributed by atoms with Gasteiger partial charge in [-0.15, -0.1) is 6.42 Å². The largest absolute Gasteiger partial charge is 0.508 e. The van der Waals surface area contributed by atoms with Crippen molar-refractivity contribution in [1.82, 2.24) is 19.9 Å². The van der Waals surface area contributed by atoms with E-state index in [0.29, 0.717) is 55.4 Å². The van der Waals surface area contributed by atoms with Crippen molar-refractivity contribution in [2.24, 2.45) is 5.41 Å². The molecule has 2 aliphatic carbocycles.